The van der Waals surface area contributed by atoms with E-state index in [0.717, 1.165) is 94.7 Å². The maximum atomic E-state index is 6.63. The van der Waals surface area contributed by atoms with E-state index in [4.69, 9.17) is 33.8 Å². The largest absolute Gasteiger partial charge is 0.456 e. The number of furan rings is 2. The summed E-state index contributed by atoms with van der Waals surface area (Å²) in [5.41, 5.74) is 27.2. The lowest BCUT2D eigenvalue weighted by Crippen LogP contribution is -2.15. The zero-order valence-electron chi connectivity index (χ0n) is 57.4. The Bertz CT molecular complexity index is 6890. The molecule has 6 heterocycles. The number of aromatic nitrogens is 7. The van der Waals surface area contributed by atoms with E-state index in [9.17, 15) is 0 Å². The third kappa shape index (κ3) is 8.83. The van der Waals surface area contributed by atoms with Crippen LogP contribution in [0.1, 0.15) is 49.9 Å². The smallest absolute Gasteiger partial charge is 0.164 e. The molecule has 0 aliphatic heterocycles. The van der Waals surface area contributed by atoms with Crippen LogP contribution in [0.4, 0.5) is 0 Å². The topological polar surface area (TPSA) is 101 Å². The number of para-hydroxylation sites is 5. The van der Waals surface area contributed by atoms with Crippen molar-refractivity contribution in [1.29, 1.82) is 0 Å². The molecule has 6 aromatic heterocycles. The number of hydrogen-bond acceptors (Lipinski definition) is 7. The molecule has 0 amide bonds. The summed E-state index contributed by atoms with van der Waals surface area (Å²) in [4.78, 5) is 24.9. The van der Waals surface area contributed by atoms with Crippen molar-refractivity contribution in [2.75, 3.05) is 0 Å². The molecule has 14 aromatic carbocycles. The van der Waals surface area contributed by atoms with Crippen LogP contribution in [0, 0.1) is 0 Å². The Kier molecular flexibility index (Phi) is 12.9. The number of benzene rings is 14. The van der Waals surface area contributed by atoms with E-state index < -0.39 is 0 Å². The Morgan fingerprint density at radius 3 is 1.05 bits per heavy atom. The van der Waals surface area contributed by atoms with E-state index >= 15 is 0 Å². The van der Waals surface area contributed by atoms with Gasteiger partial charge in [-0.15, -0.1) is 0 Å². The first kappa shape index (κ1) is 59.5. The average Bonchev–Trinajstić information content (AvgIpc) is 1.53. The zero-order valence-corrected chi connectivity index (χ0v) is 57.4. The second kappa shape index (κ2) is 22.6. The third-order valence-electron chi connectivity index (χ3n) is 22.0. The molecular formula is C95H63N7O2. The van der Waals surface area contributed by atoms with Crippen LogP contribution in [0.3, 0.4) is 0 Å². The fraction of sp³-hybridized carbons (Fsp3) is 0.0632. The van der Waals surface area contributed by atoms with Crippen LogP contribution in [0.15, 0.2) is 318 Å². The zero-order chi connectivity index (χ0) is 69.1. The molecular weight excluding hydrogens is 1270 g/mol. The highest BCUT2D eigenvalue weighted by atomic mass is 16.3. The molecule has 22 rings (SSSR count). The molecule has 0 saturated heterocycles. The van der Waals surface area contributed by atoms with Crippen LogP contribution >= 0.6 is 0 Å². The maximum Gasteiger partial charge on any atom is 0.164 e. The summed E-state index contributed by atoms with van der Waals surface area (Å²) >= 11 is 0. The van der Waals surface area contributed by atoms with Gasteiger partial charge in [-0.1, -0.05) is 234 Å². The number of nitrogens with zero attached hydrogens (tertiary/aromatic N) is 7. The first-order valence-corrected chi connectivity index (χ1v) is 35.5. The first-order chi connectivity index (χ1) is 51.1. The van der Waals surface area contributed by atoms with Gasteiger partial charge in [-0.3, -0.25) is 0 Å². The minimum Gasteiger partial charge on any atom is -0.456 e. The summed E-state index contributed by atoms with van der Waals surface area (Å²) in [5.74, 6) is 2.66. The fourth-order valence-corrected chi connectivity index (χ4v) is 17.4. The van der Waals surface area contributed by atoms with Gasteiger partial charge in [0.2, 0.25) is 0 Å². The lowest BCUT2D eigenvalue weighted by Gasteiger charge is -2.23. The van der Waals surface area contributed by atoms with Gasteiger partial charge < -0.3 is 18.0 Å². The van der Waals surface area contributed by atoms with Gasteiger partial charge in [0.05, 0.1) is 33.3 Å². The minimum atomic E-state index is -0.290. The quantitative estimate of drug-likeness (QED) is 0.157. The summed E-state index contributed by atoms with van der Waals surface area (Å²) in [5, 5.41) is 10.8. The van der Waals surface area contributed by atoms with E-state index in [1.807, 2.05) is 91.0 Å². The summed E-state index contributed by atoms with van der Waals surface area (Å²) < 4.78 is 18.0. The van der Waals surface area contributed by atoms with Gasteiger partial charge in [-0.2, -0.15) is 0 Å². The second-order valence-corrected chi connectivity index (χ2v) is 28.6. The highest BCUT2D eigenvalue weighted by molar-refractivity contribution is 6.19. The van der Waals surface area contributed by atoms with E-state index in [1.165, 1.54) is 98.9 Å². The molecule has 490 valence electrons. The Morgan fingerprint density at radius 1 is 0.250 bits per heavy atom. The van der Waals surface area contributed by atoms with Gasteiger partial charge in [0, 0.05) is 110 Å². The molecule has 104 heavy (non-hydrogen) atoms. The summed E-state index contributed by atoms with van der Waals surface area (Å²) in [6.07, 6.45) is 0. The van der Waals surface area contributed by atoms with Crippen molar-refractivity contribution in [3.8, 4) is 90.4 Å². The van der Waals surface area contributed by atoms with Crippen LogP contribution in [0.2, 0.25) is 0 Å². The Morgan fingerprint density at radius 2 is 0.596 bits per heavy atom. The molecule has 9 nitrogen and oxygen atoms in total. The minimum absolute atomic E-state index is 0.278. The number of fused-ring (bicyclic) bond motifs is 23. The van der Waals surface area contributed by atoms with Crippen LogP contribution in [0.25, 0.3) is 189 Å². The normalized spacial score (nSPS) is 13.3. The highest BCUT2D eigenvalue weighted by Crippen LogP contribution is 2.58. The molecule has 9 heteroatoms. The Hall–Kier alpha value is -13.4. The van der Waals surface area contributed by atoms with Crippen LogP contribution in [-0.2, 0) is 10.8 Å². The highest BCUT2D eigenvalue weighted by Gasteiger charge is 2.43. The van der Waals surface area contributed by atoms with Gasteiger partial charge in [0.25, 0.3) is 0 Å². The van der Waals surface area contributed by atoms with E-state index in [-0.39, 0.29) is 10.8 Å². The van der Waals surface area contributed by atoms with Crippen molar-refractivity contribution in [3.05, 3.63) is 332 Å². The monoisotopic (exact) mass is 1330 g/mol. The standard InChI is InChI=1S/C48H32N4O.C47H31N3O/c1-48(2)42-34(35-25-26-36-33-17-10-12-20-40(33)53-44(36)43(35)48)27-28-39-41(42)37-18-9-11-19-38(37)52(39)32-23-21-31(22-24-32)47-50-45(29-13-5-3-6-14-29)49-46(51-47)30-15-7-4-8-16-30;1-47(2)42-32(33-24-25-34-31-14-8-11-19-40(31)51-45(34)43(33)47)26-27-39-41(42)36-16-7-10-18-38(36)50(39)30-22-20-29(21-23-30)46-48-37-17-9-6-15-35(37)44(49-46)28-12-4-3-5-13-28/h3-28H,1-2H3;3-27H,1-2H3. The maximum absolute atomic E-state index is 6.63. The van der Waals surface area contributed by atoms with Crippen molar-refractivity contribution >= 4 is 98.4 Å². The number of hydrogen-bond donors (Lipinski definition) is 0. The average molecular weight is 1330 g/mol. The summed E-state index contributed by atoms with van der Waals surface area (Å²) in [7, 11) is 0. The first-order valence-electron chi connectivity index (χ1n) is 35.5. The molecule has 2 aliphatic rings. The molecule has 0 unspecified atom stereocenters. The van der Waals surface area contributed by atoms with Crippen molar-refractivity contribution < 1.29 is 8.83 Å². The molecule has 0 radical (unpaired) electrons. The molecule has 0 fully saturated rings. The van der Waals surface area contributed by atoms with Gasteiger partial charge in [0.15, 0.2) is 23.3 Å². The third-order valence-corrected chi connectivity index (χ3v) is 22.0. The second-order valence-electron chi connectivity index (χ2n) is 28.6. The molecule has 0 saturated carbocycles. The Balaban J connectivity index is 0.000000134. The van der Waals surface area contributed by atoms with Gasteiger partial charge in [0.1, 0.15) is 22.3 Å². The lowest BCUT2D eigenvalue weighted by molar-refractivity contribution is 0.622. The molecule has 2 aliphatic carbocycles. The fourth-order valence-electron chi connectivity index (χ4n) is 17.4. The molecule has 20 aromatic rings. The van der Waals surface area contributed by atoms with Crippen LogP contribution in [0.5, 0.6) is 0 Å². The molecule has 0 N–H and O–H groups in total. The molecule has 0 bridgehead atoms. The summed E-state index contributed by atoms with van der Waals surface area (Å²) in [6, 6.07) is 109. The predicted octanol–water partition coefficient (Wildman–Crippen LogP) is 24.4. The van der Waals surface area contributed by atoms with Crippen molar-refractivity contribution in [2.24, 2.45) is 0 Å². The van der Waals surface area contributed by atoms with Gasteiger partial charge in [-0.25, -0.2) is 24.9 Å². The van der Waals surface area contributed by atoms with Crippen molar-refractivity contribution in [3.63, 3.8) is 0 Å². The lowest BCUT2D eigenvalue weighted by atomic mass is 9.80. The van der Waals surface area contributed by atoms with Gasteiger partial charge >= 0.3 is 0 Å². The van der Waals surface area contributed by atoms with E-state index in [0.29, 0.717) is 17.5 Å². The van der Waals surface area contributed by atoms with Crippen LogP contribution in [-0.4, -0.2) is 34.1 Å². The number of rotatable bonds is 7. The Labute approximate surface area is 598 Å². The SMILES string of the molecule is CC1(C)c2c(ccc3c2oc2ccccc23)-c2ccc3c(c21)c1ccccc1n3-c1ccc(-c2nc(-c3ccccc3)c3ccccc3n2)cc1.CC1(C)c2c(ccc3c2oc2ccccc23)-c2ccc3c(c21)c1ccccc1n3-c1ccc(-c2nc(-c3ccccc3)nc(-c3ccccc3)n2)cc1. The summed E-state index contributed by atoms with van der Waals surface area (Å²) in [6.45, 7) is 9.43. The van der Waals surface area contributed by atoms with E-state index in [1.54, 1.807) is 0 Å². The predicted molar refractivity (Wildman–Crippen MR) is 425 cm³/mol. The molecule has 0 spiro atoms. The van der Waals surface area contributed by atoms with Crippen molar-refractivity contribution in [1.82, 2.24) is 34.1 Å². The van der Waals surface area contributed by atoms with Crippen molar-refractivity contribution in [2.45, 2.75) is 38.5 Å². The van der Waals surface area contributed by atoms with E-state index in [2.05, 4.69) is 255 Å². The van der Waals surface area contributed by atoms with Crippen LogP contribution < -0.4 is 0 Å². The molecule has 0 atom stereocenters. The van der Waals surface area contributed by atoms with Gasteiger partial charge in [-0.05, 0) is 137 Å².